The molecular formula is C19H23N3O4. The minimum atomic E-state index is -0.126. The number of piperidine rings is 1. The number of aromatic nitrogens is 2. The second-order valence-electron chi connectivity index (χ2n) is 6.89. The summed E-state index contributed by atoms with van der Waals surface area (Å²) >= 11 is 0. The van der Waals surface area contributed by atoms with Crippen LogP contribution < -0.4 is 4.74 Å². The van der Waals surface area contributed by atoms with Crippen LogP contribution in [0, 0.1) is 5.92 Å². The third-order valence-corrected chi connectivity index (χ3v) is 5.52. The first-order chi connectivity index (χ1) is 12.8. The van der Waals surface area contributed by atoms with Crippen LogP contribution in [0.2, 0.25) is 0 Å². The fourth-order valence-corrected chi connectivity index (χ4v) is 4.07. The van der Waals surface area contributed by atoms with Gasteiger partial charge in [-0.05, 0) is 43.7 Å². The van der Waals surface area contributed by atoms with Crippen LogP contribution in [-0.4, -0.2) is 52.7 Å². The maximum Gasteiger partial charge on any atom is 0.275 e. The molecule has 1 amide bonds. The first-order valence-electron chi connectivity index (χ1n) is 9.11. The van der Waals surface area contributed by atoms with Gasteiger partial charge in [0, 0.05) is 25.9 Å². The second-order valence-corrected chi connectivity index (χ2v) is 6.89. The molecule has 7 nitrogen and oxygen atoms in total. The molecule has 1 spiro atoms. The molecule has 4 rings (SSSR count). The van der Waals surface area contributed by atoms with Gasteiger partial charge in [-0.3, -0.25) is 9.78 Å². The van der Waals surface area contributed by atoms with E-state index in [4.69, 9.17) is 13.9 Å². The van der Waals surface area contributed by atoms with Gasteiger partial charge in [-0.2, -0.15) is 0 Å². The summed E-state index contributed by atoms with van der Waals surface area (Å²) in [6.45, 7) is 2.81. The molecule has 0 saturated carbocycles. The van der Waals surface area contributed by atoms with Crippen molar-refractivity contribution in [1.82, 2.24) is 14.9 Å². The van der Waals surface area contributed by atoms with Gasteiger partial charge >= 0.3 is 0 Å². The molecule has 26 heavy (non-hydrogen) atoms. The Labute approximate surface area is 152 Å². The number of amides is 1. The van der Waals surface area contributed by atoms with Crippen LogP contribution in [-0.2, 0) is 4.74 Å². The van der Waals surface area contributed by atoms with Gasteiger partial charge in [0.25, 0.3) is 5.91 Å². The number of hydrogen-bond donors (Lipinski definition) is 0. The minimum Gasteiger partial charge on any atom is -0.492 e. The number of pyridine rings is 1. The molecule has 2 saturated heterocycles. The summed E-state index contributed by atoms with van der Waals surface area (Å²) in [5.41, 5.74) is 0.244. The van der Waals surface area contributed by atoms with Crippen LogP contribution in [0.15, 0.2) is 41.6 Å². The van der Waals surface area contributed by atoms with Crippen LogP contribution in [0.4, 0.5) is 0 Å². The van der Waals surface area contributed by atoms with E-state index in [1.165, 1.54) is 12.7 Å². The molecule has 0 aliphatic carbocycles. The van der Waals surface area contributed by atoms with Crippen molar-refractivity contribution in [2.24, 2.45) is 5.92 Å². The third kappa shape index (κ3) is 3.44. The van der Waals surface area contributed by atoms with Crippen molar-refractivity contribution in [2.45, 2.75) is 31.3 Å². The average molecular weight is 357 g/mol. The largest absolute Gasteiger partial charge is 0.492 e. The number of hydrogen-bond acceptors (Lipinski definition) is 6. The zero-order chi connectivity index (χ0) is 17.8. The molecule has 138 valence electrons. The average Bonchev–Trinajstić information content (AvgIpc) is 3.34. The Balaban J connectivity index is 1.31. The lowest BCUT2D eigenvalue weighted by molar-refractivity contribution is -0.0649. The Morgan fingerprint density at radius 3 is 3.00 bits per heavy atom. The van der Waals surface area contributed by atoms with Crippen molar-refractivity contribution in [2.75, 3.05) is 26.3 Å². The van der Waals surface area contributed by atoms with E-state index in [1.807, 2.05) is 17.0 Å². The molecule has 0 radical (unpaired) electrons. The lowest BCUT2D eigenvalue weighted by atomic mass is 9.78. The monoisotopic (exact) mass is 357 g/mol. The van der Waals surface area contributed by atoms with Crippen molar-refractivity contribution in [3.63, 3.8) is 0 Å². The molecule has 1 atom stereocenters. The summed E-state index contributed by atoms with van der Waals surface area (Å²) < 4.78 is 16.9. The van der Waals surface area contributed by atoms with E-state index in [2.05, 4.69) is 9.97 Å². The highest BCUT2D eigenvalue weighted by Gasteiger charge is 2.46. The molecular weight excluding hydrogens is 334 g/mol. The van der Waals surface area contributed by atoms with Crippen molar-refractivity contribution in [1.29, 1.82) is 0 Å². The molecule has 2 aromatic heterocycles. The first-order valence-corrected chi connectivity index (χ1v) is 9.11. The highest BCUT2D eigenvalue weighted by atomic mass is 16.5. The predicted molar refractivity (Wildman–Crippen MR) is 92.8 cm³/mol. The van der Waals surface area contributed by atoms with E-state index < -0.39 is 0 Å². The van der Waals surface area contributed by atoms with Gasteiger partial charge in [-0.15, -0.1) is 0 Å². The lowest BCUT2D eigenvalue weighted by Gasteiger charge is -2.42. The second kappa shape index (κ2) is 7.45. The normalized spacial score (nSPS) is 21.8. The number of oxazole rings is 1. The fraction of sp³-hybridized carbons (Fsp3) is 0.526. The van der Waals surface area contributed by atoms with Crippen LogP contribution in [0.1, 0.15) is 36.2 Å². The summed E-state index contributed by atoms with van der Waals surface area (Å²) in [5, 5.41) is 0. The molecule has 2 aliphatic rings. The predicted octanol–water partition coefficient (Wildman–Crippen LogP) is 2.55. The van der Waals surface area contributed by atoms with Crippen molar-refractivity contribution in [3.8, 4) is 5.75 Å². The smallest absolute Gasteiger partial charge is 0.275 e. The Kier molecular flexibility index (Phi) is 4.88. The topological polar surface area (TPSA) is 77.7 Å². The van der Waals surface area contributed by atoms with Gasteiger partial charge in [0.1, 0.15) is 12.0 Å². The van der Waals surface area contributed by atoms with Gasteiger partial charge in [0.15, 0.2) is 12.1 Å². The standard InChI is InChI=1S/C19H23N3O4/c23-18(17-13-24-14-21-17)22-8-5-19(6-9-22)15(4-11-26-19)3-10-25-16-2-1-7-20-12-16/h1-2,7,12-15H,3-6,8-11H2/t15-/m1/s1. The van der Waals surface area contributed by atoms with Gasteiger partial charge in [0.05, 0.1) is 18.4 Å². The molecule has 0 bridgehead atoms. The van der Waals surface area contributed by atoms with Crippen molar-refractivity contribution >= 4 is 5.91 Å². The quantitative estimate of drug-likeness (QED) is 0.818. The van der Waals surface area contributed by atoms with E-state index in [0.29, 0.717) is 31.3 Å². The number of rotatable bonds is 5. The van der Waals surface area contributed by atoms with Gasteiger partial charge in [-0.25, -0.2) is 4.98 Å². The molecule has 2 aliphatic heterocycles. The third-order valence-electron chi connectivity index (χ3n) is 5.52. The maximum absolute atomic E-state index is 12.4. The summed E-state index contributed by atoms with van der Waals surface area (Å²) in [6, 6.07) is 3.79. The Morgan fingerprint density at radius 2 is 2.27 bits per heavy atom. The van der Waals surface area contributed by atoms with E-state index >= 15 is 0 Å². The number of nitrogens with zero attached hydrogens (tertiary/aromatic N) is 3. The highest BCUT2D eigenvalue weighted by Crippen LogP contribution is 2.42. The molecule has 0 N–H and O–H groups in total. The summed E-state index contributed by atoms with van der Waals surface area (Å²) in [6.07, 6.45) is 9.87. The van der Waals surface area contributed by atoms with E-state index in [1.54, 1.807) is 12.4 Å². The zero-order valence-electron chi connectivity index (χ0n) is 14.7. The number of carbonyl (C=O) groups excluding carboxylic acids is 1. The number of likely N-dealkylation sites (tertiary alicyclic amines) is 1. The lowest BCUT2D eigenvalue weighted by Crippen LogP contribution is -2.49. The SMILES string of the molecule is O=C(c1cocn1)N1CCC2(CC1)OCC[C@H]2CCOc1cccnc1. The van der Waals surface area contributed by atoms with Crippen LogP contribution in [0.25, 0.3) is 0 Å². The minimum absolute atomic E-state index is 0.0666. The Morgan fingerprint density at radius 1 is 1.38 bits per heavy atom. The summed E-state index contributed by atoms with van der Waals surface area (Å²) in [7, 11) is 0. The fourth-order valence-electron chi connectivity index (χ4n) is 4.07. The van der Waals surface area contributed by atoms with Crippen LogP contribution in [0.5, 0.6) is 5.75 Å². The molecule has 2 fully saturated rings. The molecule has 7 heteroatoms. The van der Waals surface area contributed by atoms with Gasteiger partial charge in [-0.1, -0.05) is 0 Å². The summed E-state index contributed by atoms with van der Waals surface area (Å²) in [4.78, 5) is 22.3. The molecule has 0 aromatic carbocycles. The van der Waals surface area contributed by atoms with Gasteiger partial charge < -0.3 is 18.8 Å². The summed E-state index contributed by atoms with van der Waals surface area (Å²) in [5.74, 6) is 1.19. The zero-order valence-corrected chi connectivity index (χ0v) is 14.7. The Hall–Kier alpha value is -2.41. The van der Waals surface area contributed by atoms with Crippen molar-refractivity contribution in [3.05, 3.63) is 42.9 Å². The Bertz CT molecular complexity index is 712. The van der Waals surface area contributed by atoms with E-state index in [9.17, 15) is 4.79 Å². The number of ether oxygens (including phenoxy) is 2. The first kappa shape index (κ1) is 17.0. The van der Waals surface area contributed by atoms with Gasteiger partial charge in [0.2, 0.25) is 0 Å². The van der Waals surface area contributed by atoms with E-state index in [-0.39, 0.29) is 11.5 Å². The van der Waals surface area contributed by atoms with Crippen LogP contribution in [0.3, 0.4) is 0 Å². The molecule has 2 aromatic rings. The highest BCUT2D eigenvalue weighted by molar-refractivity contribution is 5.91. The van der Waals surface area contributed by atoms with E-state index in [0.717, 1.165) is 38.0 Å². The van der Waals surface area contributed by atoms with Crippen LogP contribution >= 0.6 is 0 Å². The molecule has 0 unspecified atom stereocenters. The molecule has 4 heterocycles. The maximum atomic E-state index is 12.4. The van der Waals surface area contributed by atoms with Crippen molar-refractivity contribution < 1.29 is 18.7 Å². The number of carbonyl (C=O) groups is 1.